The van der Waals surface area contributed by atoms with Crippen molar-refractivity contribution in [1.82, 2.24) is 9.97 Å². The minimum absolute atomic E-state index is 0.242. The Hall–Kier alpha value is -1.81. The van der Waals surface area contributed by atoms with E-state index < -0.39 is 17.9 Å². The summed E-state index contributed by atoms with van der Waals surface area (Å²) in [6.07, 6.45) is 1.69. The van der Waals surface area contributed by atoms with Crippen LogP contribution >= 0.6 is 0 Å². The molecule has 0 spiro atoms. The van der Waals surface area contributed by atoms with Crippen molar-refractivity contribution in [1.29, 1.82) is 0 Å². The van der Waals surface area contributed by atoms with Crippen LogP contribution in [-0.2, 0) is 14.2 Å². The van der Waals surface area contributed by atoms with Crippen molar-refractivity contribution in [2.24, 2.45) is 4.99 Å². The molecule has 3 atom stereocenters. The highest BCUT2D eigenvalue weighted by Crippen LogP contribution is 2.31. The number of aliphatic hydroxyl groups is 1. The van der Waals surface area contributed by atoms with Crippen LogP contribution in [0.3, 0.4) is 0 Å². The summed E-state index contributed by atoms with van der Waals surface area (Å²) in [5, 5.41) is 13.4. The van der Waals surface area contributed by atoms with Crippen LogP contribution in [0.1, 0.15) is 12.1 Å². The first-order valence-electron chi connectivity index (χ1n) is 7.23. The summed E-state index contributed by atoms with van der Waals surface area (Å²) in [4.78, 5) is 12.1. The van der Waals surface area contributed by atoms with Crippen molar-refractivity contribution in [2.75, 3.05) is 38.5 Å². The van der Waals surface area contributed by atoms with Crippen molar-refractivity contribution >= 4 is 17.8 Å². The SMILES string of the molecule is COCCC1(OC)CO[C@@H](N=CNc2c(C)ncnc2N)C1O. The summed E-state index contributed by atoms with van der Waals surface area (Å²) >= 11 is 0. The Morgan fingerprint density at radius 1 is 1.57 bits per heavy atom. The largest absolute Gasteiger partial charge is 0.385 e. The fourth-order valence-electron chi connectivity index (χ4n) is 2.41. The van der Waals surface area contributed by atoms with Gasteiger partial charge in [0.25, 0.3) is 0 Å². The lowest BCUT2D eigenvalue weighted by atomic mass is 9.95. The number of aliphatic hydroxyl groups excluding tert-OH is 1. The first-order valence-corrected chi connectivity index (χ1v) is 7.23. The number of hydrogen-bond acceptors (Lipinski definition) is 8. The van der Waals surface area contributed by atoms with E-state index in [1.54, 1.807) is 14.0 Å². The predicted octanol–water partition coefficient (Wildman–Crippen LogP) is -0.0537. The second kappa shape index (κ2) is 7.64. The molecule has 0 saturated carbocycles. The highest BCUT2D eigenvalue weighted by atomic mass is 16.6. The van der Waals surface area contributed by atoms with Crippen molar-refractivity contribution in [3.05, 3.63) is 12.0 Å². The molecule has 128 valence electrons. The fourth-order valence-corrected chi connectivity index (χ4v) is 2.41. The van der Waals surface area contributed by atoms with E-state index in [1.165, 1.54) is 19.8 Å². The van der Waals surface area contributed by atoms with Gasteiger partial charge in [-0.3, -0.25) is 0 Å². The molecule has 0 aliphatic carbocycles. The van der Waals surface area contributed by atoms with Gasteiger partial charge in [-0.25, -0.2) is 15.0 Å². The molecule has 0 aromatic carbocycles. The lowest BCUT2D eigenvalue weighted by molar-refractivity contribution is -0.0930. The quantitative estimate of drug-likeness (QED) is 0.471. The van der Waals surface area contributed by atoms with Crippen LogP contribution in [0.4, 0.5) is 11.5 Å². The second-order valence-corrected chi connectivity index (χ2v) is 5.30. The van der Waals surface area contributed by atoms with Gasteiger partial charge in [-0.05, 0) is 6.92 Å². The van der Waals surface area contributed by atoms with Gasteiger partial charge in [0.15, 0.2) is 12.0 Å². The van der Waals surface area contributed by atoms with Crippen molar-refractivity contribution in [3.63, 3.8) is 0 Å². The van der Waals surface area contributed by atoms with Crippen LogP contribution in [0, 0.1) is 6.92 Å². The highest BCUT2D eigenvalue weighted by Gasteiger charge is 2.49. The van der Waals surface area contributed by atoms with E-state index in [1.807, 2.05) is 0 Å². The maximum atomic E-state index is 10.4. The van der Waals surface area contributed by atoms with Gasteiger partial charge in [-0.2, -0.15) is 0 Å². The number of nitrogens with two attached hydrogens (primary N) is 1. The first-order chi connectivity index (χ1) is 11.0. The standard InChI is InChI=1S/C14H23N5O4/c1-9-10(12(15)18-7-16-9)17-8-19-13-11(20)14(22-3,6-23-13)4-5-21-2/h7-8,11,13,20H,4-6H2,1-3H3,(H,17,19)(H2,15,16,18)/t11?,13-,14?/m1/s1. The van der Waals surface area contributed by atoms with Crippen molar-refractivity contribution < 1.29 is 19.3 Å². The Morgan fingerprint density at radius 2 is 2.35 bits per heavy atom. The normalized spacial score (nSPS) is 27.7. The van der Waals surface area contributed by atoms with Crippen LogP contribution in [0.25, 0.3) is 0 Å². The van der Waals surface area contributed by atoms with Gasteiger partial charge in [-0.15, -0.1) is 0 Å². The molecule has 2 unspecified atom stereocenters. The lowest BCUT2D eigenvalue weighted by Gasteiger charge is -2.29. The lowest BCUT2D eigenvalue weighted by Crippen LogP contribution is -2.46. The molecule has 1 aliphatic heterocycles. The molecule has 1 aromatic rings. The molecule has 1 aromatic heterocycles. The molecular formula is C14H23N5O4. The Kier molecular flexibility index (Phi) is 5.83. The molecule has 9 heteroatoms. The van der Waals surface area contributed by atoms with Gasteiger partial charge < -0.3 is 30.4 Å². The number of aryl methyl sites for hydroxylation is 1. The average molecular weight is 325 g/mol. The Bertz CT molecular complexity index is 536. The summed E-state index contributed by atoms with van der Waals surface area (Å²) in [6, 6.07) is 0. The minimum atomic E-state index is -0.897. The zero-order valence-electron chi connectivity index (χ0n) is 13.5. The number of aromatic nitrogens is 2. The molecule has 4 N–H and O–H groups in total. The van der Waals surface area contributed by atoms with Crippen LogP contribution in [0.15, 0.2) is 11.3 Å². The van der Waals surface area contributed by atoms with Crippen LogP contribution < -0.4 is 11.1 Å². The third kappa shape index (κ3) is 3.75. The number of methoxy groups -OCH3 is 2. The minimum Gasteiger partial charge on any atom is -0.385 e. The highest BCUT2D eigenvalue weighted by molar-refractivity contribution is 5.81. The molecule has 2 rings (SSSR count). The van der Waals surface area contributed by atoms with Crippen LogP contribution in [0.2, 0.25) is 0 Å². The molecular weight excluding hydrogens is 302 g/mol. The monoisotopic (exact) mass is 325 g/mol. The average Bonchev–Trinajstić information content (AvgIpc) is 2.85. The molecule has 1 aliphatic rings. The van der Waals surface area contributed by atoms with Gasteiger partial charge in [0.1, 0.15) is 23.7 Å². The fraction of sp³-hybridized carbons (Fsp3) is 0.643. The predicted molar refractivity (Wildman–Crippen MR) is 85.3 cm³/mol. The van der Waals surface area contributed by atoms with Crippen molar-refractivity contribution in [3.8, 4) is 0 Å². The molecule has 2 heterocycles. The number of aliphatic imine (C=N–C) groups is 1. The molecule has 9 nitrogen and oxygen atoms in total. The van der Waals surface area contributed by atoms with Crippen LogP contribution in [0.5, 0.6) is 0 Å². The number of rotatable bonds is 7. The second-order valence-electron chi connectivity index (χ2n) is 5.30. The van der Waals surface area contributed by atoms with E-state index >= 15 is 0 Å². The third-order valence-corrected chi connectivity index (χ3v) is 3.94. The number of ether oxygens (including phenoxy) is 3. The third-order valence-electron chi connectivity index (χ3n) is 3.94. The van der Waals surface area contributed by atoms with E-state index in [9.17, 15) is 5.11 Å². The number of nitrogens with one attached hydrogen (secondary N) is 1. The van der Waals surface area contributed by atoms with Gasteiger partial charge in [0.05, 0.1) is 18.6 Å². The van der Waals surface area contributed by atoms with E-state index in [4.69, 9.17) is 19.9 Å². The zero-order chi connectivity index (χ0) is 16.9. The van der Waals surface area contributed by atoms with Gasteiger partial charge in [0, 0.05) is 27.2 Å². The number of hydrogen-bond donors (Lipinski definition) is 3. The topological polar surface area (TPSA) is 124 Å². The molecule has 0 bridgehead atoms. The molecule has 1 fully saturated rings. The maximum absolute atomic E-state index is 10.4. The first kappa shape index (κ1) is 17.5. The Morgan fingerprint density at radius 3 is 3.00 bits per heavy atom. The number of nitrogen functional groups attached to an aromatic ring is 1. The summed E-state index contributed by atoms with van der Waals surface area (Å²) in [5.41, 5.74) is 6.22. The van der Waals surface area contributed by atoms with Gasteiger partial charge >= 0.3 is 0 Å². The van der Waals surface area contributed by atoms with Crippen molar-refractivity contribution in [2.45, 2.75) is 31.3 Å². The number of nitrogens with zero attached hydrogens (tertiary/aromatic N) is 3. The van der Waals surface area contributed by atoms with Crippen LogP contribution in [-0.4, -0.2) is 66.8 Å². The smallest absolute Gasteiger partial charge is 0.178 e. The van der Waals surface area contributed by atoms with Gasteiger partial charge in [0.2, 0.25) is 0 Å². The zero-order valence-corrected chi connectivity index (χ0v) is 13.5. The summed E-state index contributed by atoms with van der Waals surface area (Å²) < 4.78 is 16.0. The van der Waals surface area contributed by atoms with E-state index in [-0.39, 0.29) is 6.61 Å². The van der Waals surface area contributed by atoms with E-state index in [0.29, 0.717) is 30.2 Å². The van der Waals surface area contributed by atoms with E-state index in [0.717, 1.165) is 0 Å². The molecule has 23 heavy (non-hydrogen) atoms. The Balaban J connectivity index is 2.01. The van der Waals surface area contributed by atoms with E-state index in [2.05, 4.69) is 20.3 Å². The number of anilines is 2. The van der Waals surface area contributed by atoms with Gasteiger partial charge in [-0.1, -0.05) is 0 Å². The molecule has 1 saturated heterocycles. The summed E-state index contributed by atoms with van der Waals surface area (Å²) in [6.45, 7) is 2.50. The maximum Gasteiger partial charge on any atom is 0.178 e. The molecule has 0 amide bonds. The summed E-state index contributed by atoms with van der Waals surface area (Å²) in [7, 11) is 3.14. The molecule has 0 radical (unpaired) electrons. The Labute approximate surface area is 134 Å². The summed E-state index contributed by atoms with van der Waals surface area (Å²) in [5.74, 6) is 0.322.